The van der Waals surface area contributed by atoms with Gasteiger partial charge in [0.25, 0.3) is 5.69 Å². The minimum atomic E-state index is -4.52. The third-order valence-corrected chi connectivity index (χ3v) is 4.68. The molecule has 0 saturated heterocycles. The van der Waals surface area contributed by atoms with E-state index in [9.17, 15) is 31.7 Å². The lowest BCUT2D eigenvalue weighted by molar-refractivity contribution is -0.387. The van der Waals surface area contributed by atoms with Crippen LogP contribution in [0, 0.1) is 10.1 Å². The van der Waals surface area contributed by atoms with Crippen LogP contribution in [-0.2, 0) is 16.2 Å². The zero-order valence-corrected chi connectivity index (χ0v) is 13.9. The van der Waals surface area contributed by atoms with Crippen LogP contribution in [0.3, 0.4) is 0 Å². The molecule has 1 N–H and O–H groups in total. The molecule has 0 heterocycles. The normalized spacial score (nSPS) is 12.0. The van der Waals surface area contributed by atoms with Crippen molar-refractivity contribution in [3.8, 4) is 5.75 Å². The zero-order valence-electron chi connectivity index (χ0n) is 13.1. The number of para-hydroxylation sites is 1. The maximum absolute atomic E-state index is 12.6. The fraction of sp³-hybridized carbons (Fsp3) is 0.200. The smallest absolute Gasteiger partial charge is 0.416 e. The van der Waals surface area contributed by atoms with Gasteiger partial charge in [0.15, 0.2) is 4.90 Å². The summed E-state index contributed by atoms with van der Waals surface area (Å²) in [5.74, 6) is -0.0790. The van der Waals surface area contributed by atoms with Gasteiger partial charge in [-0.05, 0) is 24.3 Å². The zero-order chi connectivity index (χ0) is 19.4. The highest BCUT2D eigenvalue weighted by molar-refractivity contribution is 7.89. The number of halogens is 3. The summed E-state index contributed by atoms with van der Waals surface area (Å²) < 4.78 is 69.3. The van der Waals surface area contributed by atoms with Crippen LogP contribution >= 0.6 is 0 Å². The number of hydrogen-bond acceptors (Lipinski definition) is 5. The molecule has 0 aromatic heterocycles. The number of benzene rings is 2. The molecule has 2 aromatic rings. The summed E-state index contributed by atoms with van der Waals surface area (Å²) in [7, 11) is -4.17. The first-order chi connectivity index (χ1) is 12.1. The van der Waals surface area contributed by atoms with Gasteiger partial charge in [0.1, 0.15) is 12.4 Å². The Kier molecular flexibility index (Phi) is 5.83. The molecule has 2 aromatic carbocycles. The molecule has 26 heavy (non-hydrogen) atoms. The maximum Gasteiger partial charge on any atom is 0.416 e. The molecule has 0 atom stereocenters. The van der Waals surface area contributed by atoms with E-state index in [1.165, 1.54) is 18.2 Å². The highest BCUT2D eigenvalue weighted by Crippen LogP contribution is 2.31. The molecule has 0 aliphatic heterocycles. The number of alkyl halides is 3. The number of nitro benzene ring substituents is 1. The van der Waals surface area contributed by atoms with Crippen LogP contribution in [-0.4, -0.2) is 26.5 Å². The van der Waals surface area contributed by atoms with E-state index < -0.39 is 37.3 Å². The lowest BCUT2D eigenvalue weighted by atomic mass is 10.2. The van der Waals surface area contributed by atoms with Gasteiger partial charge in [0, 0.05) is 12.6 Å². The Morgan fingerprint density at radius 1 is 1.12 bits per heavy atom. The molecule has 0 radical (unpaired) electrons. The SMILES string of the molecule is O=[N+]([O-])c1ccccc1S(=O)(=O)NCCOc1cccc(C(F)(F)F)c1. The van der Waals surface area contributed by atoms with Gasteiger partial charge >= 0.3 is 6.18 Å². The van der Waals surface area contributed by atoms with Crippen LogP contribution in [0.15, 0.2) is 53.4 Å². The van der Waals surface area contributed by atoms with Crippen LogP contribution < -0.4 is 9.46 Å². The average Bonchev–Trinajstić information content (AvgIpc) is 2.58. The van der Waals surface area contributed by atoms with Gasteiger partial charge in [-0.1, -0.05) is 18.2 Å². The predicted octanol–water partition coefficient (Wildman–Crippen LogP) is 2.97. The molecule has 0 unspecified atom stereocenters. The van der Waals surface area contributed by atoms with Gasteiger partial charge in [-0.3, -0.25) is 10.1 Å². The summed E-state index contributed by atoms with van der Waals surface area (Å²) >= 11 is 0. The van der Waals surface area contributed by atoms with Crippen molar-refractivity contribution in [1.29, 1.82) is 0 Å². The summed E-state index contributed by atoms with van der Waals surface area (Å²) in [6.07, 6.45) is -4.52. The van der Waals surface area contributed by atoms with Gasteiger partial charge in [-0.15, -0.1) is 0 Å². The topological polar surface area (TPSA) is 98.5 Å². The van der Waals surface area contributed by atoms with Crippen molar-refractivity contribution in [3.63, 3.8) is 0 Å². The second kappa shape index (κ2) is 7.70. The van der Waals surface area contributed by atoms with Crippen LogP contribution in [0.2, 0.25) is 0 Å². The third kappa shape index (κ3) is 4.92. The van der Waals surface area contributed by atoms with Crippen LogP contribution in [0.4, 0.5) is 18.9 Å². The van der Waals surface area contributed by atoms with Gasteiger partial charge in [0.05, 0.1) is 10.5 Å². The largest absolute Gasteiger partial charge is 0.492 e. The number of sulfonamides is 1. The van der Waals surface area contributed by atoms with E-state index in [1.807, 2.05) is 0 Å². The van der Waals surface area contributed by atoms with Crippen molar-refractivity contribution in [2.75, 3.05) is 13.2 Å². The Hall–Kier alpha value is -2.66. The highest BCUT2D eigenvalue weighted by atomic mass is 32.2. The number of rotatable bonds is 7. The van der Waals surface area contributed by atoms with Crippen molar-refractivity contribution >= 4 is 15.7 Å². The van der Waals surface area contributed by atoms with E-state index >= 15 is 0 Å². The number of nitro groups is 1. The van der Waals surface area contributed by atoms with E-state index in [0.29, 0.717) is 0 Å². The Labute approximate surface area is 146 Å². The number of nitrogens with zero attached hydrogens (tertiary/aromatic N) is 1. The molecule has 0 saturated carbocycles. The first-order valence-electron chi connectivity index (χ1n) is 7.14. The lowest BCUT2D eigenvalue weighted by Crippen LogP contribution is -2.28. The van der Waals surface area contributed by atoms with Gasteiger partial charge in [-0.25, -0.2) is 13.1 Å². The number of ether oxygens (including phenoxy) is 1. The molecule has 0 aliphatic rings. The fourth-order valence-corrected chi connectivity index (χ4v) is 3.20. The molecule has 0 aliphatic carbocycles. The van der Waals surface area contributed by atoms with Gasteiger partial charge in [0.2, 0.25) is 10.0 Å². The number of hydrogen-bond donors (Lipinski definition) is 1. The Balaban J connectivity index is 1.99. The van der Waals surface area contributed by atoms with Crippen molar-refractivity contribution < 1.29 is 31.2 Å². The summed E-state index contributed by atoms with van der Waals surface area (Å²) in [4.78, 5) is 9.56. The maximum atomic E-state index is 12.6. The predicted molar refractivity (Wildman–Crippen MR) is 85.2 cm³/mol. The van der Waals surface area contributed by atoms with Crippen molar-refractivity contribution in [3.05, 3.63) is 64.2 Å². The molecule has 0 fully saturated rings. The minimum absolute atomic E-state index is 0.0790. The Morgan fingerprint density at radius 3 is 2.46 bits per heavy atom. The van der Waals surface area contributed by atoms with E-state index in [4.69, 9.17) is 4.74 Å². The molecule has 7 nitrogen and oxygen atoms in total. The first kappa shape index (κ1) is 19.7. The number of nitrogens with one attached hydrogen (secondary N) is 1. The van der Waals surface area contributed by atoms with Gasteiger partial charge in [-0.2, -0.15) is 13.2 Å². The van der Waals surface area contributed by atoms with Crippen LogP contribution in [0.1, 0.15) is 5.56 Å². The summed E-state index contributed by atoms with van der Waals surface area (Å²) in [5, 5.41) is 10.9. The van der Waals surface area contributed by atoms with Crippen LogP contribution in [0.5, 0.6) is 5.75 Å². The summed E-state index contributed by atoms with van der Waals surface area (Å²) in [6.45, 7) is -0.550. The lowest BCUT2D eigenvalue weighted by Gasteiger charge is -2.11. The summed E-state index contributed by atoms with van der Waals surface area (Å²) in [5.41, 5.74) is -1.48. The second-order valence-electron chi connectivity index (χ2n) is 5.00. The molecular weight excluding hydrogens is 377 g/mol. The monoisotopic (exact) mass is 390 g/mol. The molecule has 140 valence electrons. The van der Waals surface area contributed by atoms with E-state index in [-0.39, 0.29) is 18.9 Å². The van der Waals surface area contributed by atoms with Crippen molar-refractivity contribution in [1.82, 2.24) is 4.72 Å². The standard InChI is InChI=1S/C15H13F3N2O5S/c16-15(17,18)11-4-3-5-12(10-11)25-9-8-19-26(23,24)14-7-2-1-6-13(14)20(21)22/h1-7,10,19H,8-9H2. The minimum Gasteiger partial charge on any atom is -0.492 e. The second-order valence-corrected chi connectivity index (χ2v) is 6.73. The molecular formula is C15H13F3N2O5S. The molecule has 0 spiro atoms. The quantitative estimate of drug-likeness (QED) is 0.445. The highest BCUT2D eigenvalue weighted by Gasteiger charge is 2.30. The average molecular weight is 390 g/mol. The summed E-state index contributed by atoms with van der Waals surface area (Å²) in [6, 6.07) is 8.92. The molecule has 0 bridgehead atoms. The third-order valence-electron chi connectivity index (χ3n) is 3.18. The van der Waals surface area contributed by atoms with Crippen molar-refractivity contribution in [2.24, 2.45) is 0 Å². The molecule has 11 heteroatoms. The molecule has 0 amide bonds. The fourth-order valence-electron chi connectivity index (χ4n) is 2.02. The molecule has 2 rings (SSSR count). The van der Waals surface area contributed by atoms with E-state index in [2.05, 4.69) is 4.72 Å². The van der Waals surface area contributed by atoms with Crippen LogP contribution in [0.25, 0.3) is 0 Å². The van der Waals surface area contributed by atoms with E-state index in [0.717, 1.165) is 30.3 Å². The van der Waals surface area contributed by atoms with E-state index in [1.54, 1.807) is 0 Å². The van der Waals surface area contributed by atoms with Crippen molar-refractivity contribution in [2.45, 2.75) is 11.1 Å². The Morgan fingerprint density at radius 2 is 1.81 bits per heavy atom. The van der Waals surface area contributed by atoms with Gasteiger partial charge < -0.3 is 4.74 Å². The first-order valence-corrected chi connectivity index (χ1v) is 8.63. The Bertz CT molecular complexity index is 900.